The van der Waals surface area contributed by atoms with E-state index in [4.69, 9.17) is 5.73 Å². The molecule has 0 saturated heterocycles. The van der Waals surface area contributed by atoms with Crippen molar-refractivity contribution in [3.05, 3.63) is 82.9 Å². The third kappa shape index (κ3) is 5.26. The van der Waals surface area contributed by atoms with E-state index in [1.165, 1.54) is 12.1 Å². The van der Waals surface area contributed by atoms with E-state index in [-0.39, 0.29) is 17.4 Å². The quantitative estimate of drug-likeness (QED) is 0.650. The van der Waals surface area contributed by atoms with Gasteiger partial charge in [-0.05, 0) is 42.2 Å². The summed E-state index contributed by atoms with van der Waals surface area (Å²) in [7, 11) is 0. The van der Waals surface area contributed by atoms with Crippen molar-refractivity contribution in [3.63, 3.8) is 0 Å². The highest BCUT2D eigenvalue weighted by molar-refractivity contribution is 5.92. The summed E-state index contributed by atoms with van der Waals surface area (Å²) in [5.74, 6) is -0.837. The Morgan fingerprint density at radius 2 is 1.89 bits per heavy atom. The van der Waals surface area contributed by atoms with Crippen molar-refractivity contribution < 1.29 is 14.0 Å². The second-order valence-corrected chi connectivity index (χ2v) is 6.51. The second-order valence-electron chi connectivity index (χ2n) is 6.51. The number of aromatic amines is 1. The Morgan fingerprint density at radius 3 is 2.61 bits per heavy atom. The molecule has 0 atom stereocenters. The van der Waals surface area contributed by atoms with E-state index in [0.717, 1.165) is 36.1 Å². The van der Waals surface area contributed by atoms with Crippen molar-refractivity contribution in [2.45, 2.75) is 25.7 Å². The first-order valence-corrected chi connectivity index (χ1v) is 8.97. The third-order valence-corrected chi connectivity index (χ3v) is 4.32. The van der Waals surface area contributed by atoms with Crippen molar-refractivity contribution in [3.8, 4) is 0 Å². The number of rotatable bonds is 3. The van der Waals surface area contributed by atoms with Crippen LogP contribution in [0, 0.1) is 5.82 Å². The predicted octanol–water partition coefficient (Wildman–Crippen LogP) is 3.20. The van der Waals surface area contributed by atoms with Crippen molar-refractivity contribution in [2.24, 2.45) is 5.73 Å². The summed E-state index contributed by atoms with van der Waals surface area (Å²) in [4.78, 5) is 21.9. The van der Waals surface area contributed by atoms with Gasteiger partial charge in [-0.2, -0.15) is 5.10 Å². The molecule has 0 spiro atoms. The first-order valence-electron chi connectivity index (χ1n) is 8.97. The molecule has 0 unspecified atom stereocenters. The molecule has 7 heteroatoms. The van der Waals surface area contributed by atoms with Crippen LogP contribution in [0.25, 0.3) is 0 Å². The summed E-state index contributed by atoms with van der Waals surface area (Å²) in [6.07, 6.45) is 2.93. The first kappa shape index (κ1) is 19.3. The summed E-state index contributed by atoms with van der Waals surface area (Å²) >= 11 is 0. The maximum atomic E-state index is 12.8. The number of halogens is 1. The van der Waals surface area contributed by atoms with Gasteiger partial charge in [0.1, 0.15) is 11.5 Å². The second kappa shape index (κ2) is 8.94. The van der Waals surface area contributed by atoms with Gasteiger partial charge in [-0.3, -0.25) is 14.7 Å². The SMILES string of the molecule is NC(=O)c1cc(Cc2ccccc2)[nH]n1.O=C1CCCc2ccc(F)cc2N1. The fraction of sp³-hybridized carbons (Fsp3) is 0.190. The summed E-state index contributed by atoms with van der Waals surface area (Å²) in [6.45, 7) is 0. The molecule has 0 bridgehead atoms. The number of carbonyl (C=O) groups excluding carboxylic acids is 2. The minimum Gasteiger partial charge on any atom is -0.364 e. The van der Waals surface area contributed by atoms with Gasteiger partial charge in [0.2, 0.25) is 5.91 Å². The number of H-pyrrole nitrogens is 1. The molecule has 4 N–H and O–H groups in total. The largest absolute Gasteiger partial charge is 0.364 e. The number of hydrogen-bond acceptors (Lipinski definition) is 3. The number of nitrogens with zero attached hydrogens (tertiary/aromatic N) is 1. The van der Waals surface area contributed by atoms with Gasteiger partial charge in [-0.1, -0.05) is 36.4 Å². The van der Waals surface area contributed by atoms with E-state index in [9.17, 15) is 14.0 Å². The van der Waals surface area contributed by atoms with Crippen LogP contribution >= 0.6 is 0 Å². The number of amides is 2. The number of aryl methyl sites for hydroxylation is 1. The van der Waals surface area contributed by atoms with Gasteiger partial charge in [0.05, 0.1) is 0 Å². The van der Waals surface area contributed by atoms with Crippen LogP contribution in [0.1, 0.15) is 40.2 Å². The van der Waals surface area contributed by atoms with Gasteiger partial charge in [0, 0.05) is 24.2 Å². The van der Waals surface area contributed by atoms with Crippen LogP contribution in [-0.2, 0) is 17.6 Å². The number of nitrogens with two attached hydrogens (primary N) is 1. The van der Waals surface area contributed by atoms with Crippen LogP contribution < -0.4 is 11.1 Å². The molecule has 1 aromatic heterocycles. The Morgan fingerprint density at radius 1 is 1.11 bits per heavy atom. The van der Waals surface area contributed by atoms with Crippen molar-refractivity contribution in [1.29, 1.82) is 0 Å². The Labute approximate surface area is 162 Å². The Bertz CT molecular complexity index is 970. The maximum absolute atomic E-state index is 12.8. The third-order valence-electron chi connectivity index (χ3n) is 4.32. The topological polar surface area (TPSA) is 101 Å². The minimum absolute atomic E-state index is 0.0237. The zero-order valence-corrected chi connectivity index (χ0v) is 15.2. The van der Waals surface area contributed by atoms with Crippen molar-refractivity contribution in [1.82, 2.24) is 10.2 Å². The number of benzene rings is 2. The van der Waals surface area contributed by atoms with Crippen LogP contribution in [0.2, 0.25) is 0 Å². The molecule has 0 fully saturated rings. The standard InChI is InChI=1S/C11H11N3O.C10H10FNO/c12-11(15)10-7-9(13-14-10)6-8-4-2-1-3-5-8;11-8-5-4-7-2-1-3-10(13)12-9(7)6-8/h1-5,7H,6H2,(H2,12,15)(H,13,14);4-6H,1-3H2,(H,12,13). The molecule has 2 aromatic carbocycles. The summed E-state index contributed by atoms with van der Waals surface area (Å²) < 4.78 is 12.8. The molecule has 0 aliphatic carbocycles. The molecular weight excluding hydrogens is 359 g/mol. The molecule has 4 rings (SSSR count). The van der Waals surface area contributed by atoms with Crippen molar-refractivity contribution >= 4 is 17.5 Å². The molecule has 3 aromatic rings. The fourth-order valence-corrected chi connectivity index (χ4v) is 2.93. The van der Waals surface area contributed by atoms with Gasteiger partial charge in [0.15, 0.2) is 0 Å². The van der Waals surface area contributed by atoms with E-state index >= 15 is 0 Å². The van der Waals surface area contributed by atoms with E-state index in [2.05, 4.69) is 15.5 Å². The normalized spacial score (nSPS) is 12.8. The van der Waals surface area contributed by atoms with E-state index in [0.29, 0.717) is 12.1 Å². The first-order chi connectivity index (χ1) is 13.5. The molecule has 1 aliphatic rings. The molecule has 144 valence electrons. The fourth-order valence-electron chi connectivity index (χ4n) is 2.93. The van der Waals surface area contributed by atoms with Gasteiger partial charge in [-0.25, -0.2) is 4.39 Å². The lowest BCUT2D eigenvalue weighted by Crippen LogP contribution is -2.10. The van der Waals surface area contributed by atoms with Crippen LogP contribution in [0.4, 0.5) is 10.1 Å². The molecule has 6 nitrogen and oxygen atoms in total. The zero-order valence-electron chi connectivity index (χ0n) is 15.2. The number of hydrogen-bond donors (Lipinski definition) is 3. The van der Waals surface area contributed by atoms with Crippen LogP contribution in [0.3, 0.4) is 0 Å². The molecule has 28 heavy (non-hydrogen) atoms. The number of nitrogens with one attached hydrogen (secondary N) is 2. The van der Waals surface area contributed by atoms with E-state index < -0.39 is 5.91 Å². The number of anilines is 1. The molecule has 0 saturated carbocycles. The van der Waals surface area contributed by atoms with Gasteiger partial charge < -0.3 is 11.1 Å². The average Bonchev–Trinajstić information content (AvgIpc) is 3.06. The van der Waals surface area contributed by atoms with Gasteiger partial charge >= 0.3 is 0 Å². The Balaban J connectivity index is 0.000000162. The van der Waals surface area contributed by atoms with Crippen molar-refractivity contribution in [2.75, 3.05) is 5.32 Å². The highest BCUT2D eigenvalue weighted by Gasteiger charge is 2.12. The highest BCUT2D eigenvalue weighted by Crippen LogP contribution is 2.22. The smallest absolute Gasteiger partial charge is 0.269 e. The molecular formula is C21H21FN4O2. The maximum Gasteiger partial charge on any atom is 0.269 e. The number of carbonyl (C=O) groups is 2. The Hall–Kier alpha value is -3.48. The lowest BCUT2D eigenvalue weighted by Gasteiger charge is -2.05. The minimum atomic E-state index is -0.509. The Kier molecular flexibility index (Phi) is 6.16. The average molecular weight is 380 g/mol. The molecule has 0 radical (unpaired) electrons. The lowest BCUT2D eigenvalue weighted by atomic mass is 10.1. The molecule has 1 aliphatic heterocycles. The lowest BCUT2D eigenvalue weighted by molar-refractivity contribution is -0.116. The van der Waals surface area contributed by atoms with E-state index in [1.54, 1.807) is 12.1 Å². The number of primary amides is 1. The van der Waals surface area contributed by atoms with Crippen LogP contribution in [-0.4, -0.2) is 22.0 Å². The predicted molar refractivity (Wildman–Crippen MR) is 104 cm³/mol. The van der Waals surface area contributed by atoms with Gasteiger partial charge in [0.25, 0.3) is 5.91 Å². The van der Waals surface area contributed by atoms with Gasteiger partial charge in [-0.15, -0.1) is 0 Å². The summed E-state index contributed by atoms with van der Waals surface area (Å²) in [6, 6.07) is 16.2. The summed E-state index contributed by atoms with van der Waals surface area (Å²) in [5, 5.41) is 9.28. The summed E-state index contributed by atoms with van der Waals surface area (Å²) in [5.41, 5.74) is 9.07. The van der Waals surface area contributed by atoms with E-state index in [1.807, 2.05) is 30.3 Å². The monoisotopic (exact) mass is 380 g/mol. The highest BCUT2D eigenvalue weighted by atomic mass is 19.1. The molecule has 2 heterocycles. The number of aromatic nitrogens is 2. The molecule has 2 amide bonds. The zero-order chi connectivity index (χ0) is 19.9. The number of fused-ring (bicyclic) bond motifs is 1. The van der Waals surface area contributed by atoms with Crippen LogP contribution in [0.5, 0.6) is 0 Å². The van der Waals surface area contributed by atoms with Crippen LogP contribution in [0.15, 0.2) is 54.6 Å².